The fourth-order valence-electron chi connectivity index (χ4n) is 3.17. The van der Waals surface area contributed by atoms with E-state index in [-0.39, 0.29) is 17.4 Å². The number of likely N-dealkylation sites (tertiary alicyclic amines) is 1. The molecule has 0 bridgehead atoms. The van der Waals surface area contributed by atoms with Gasteiger partial charge in [0.25, 0.3) is 0 Å². The SMILES string of the molecule is NC[C@H]1CN(C(=O)Oc2ccc(C(=O)O)cc2)C[C@@H]1c1ccccc1. The first-order valence-electron chi connectivity index (χ1n) is 8.13. The molecule has 6 nitrogen and oxygen atoms in total. The van der Waals surface area contributed by atoms with E-state index in [0.29, 0.717) is 25.4 Å². The van der Waals surface area contributed by atoms with Crippen LogP contribution in [-0.2, 0) is 0 Å². The highest BCUT2D eigenvalue weighted by atomic mass is 16.6. The molecule has 1 aliphatic rings. The minimum absolute atomic E-state index is 0.147. The third kappa shape index (κ3) is 3.80. The number of amides is 1. The maximum Gasteiger partial charge on any atom is 0.415 e. The fraction of sp³-hybridized carbons (Fsp3) is 0.263. The second-order valence-corrected chi connectivity index (χ2v) is 6.12. The summed E-state index contributed by atoms with van der Waals surface area (Å²) in [7, 11) is 0. The Kier molecular flexibility index (Phi) is 5.00. The van der Waals surface area contributed by atoms with Crippen LogP contribution >= 0.6 is 0 Å². The van der Waals surface area contributed by atoms with Gasteiger partial charge in [-0.15, -0.1) is 0 Å². The van der Waals surface area contributed by atoms with Crippen molar-refractivity contribution in [3.63, 3.8) is 0 Å². The first-order chi connectivity index (χ1) is 12.1. The van der Waals surface area contributed by atoms with E-state index in [4.69, 9.17) is 15.6 Å². The van der Waals surface area contributed by atoms with E-state index >= 15 is 0 Å². The zero-order chi connectivity index (χ0) is 17.8. The van der Waals surface area contributed by atoms with E-state index in [1.807, 2.05) is 30.3 Å². The van der Waals surface area contributed by atoms with E-state index in [2.05, 4.69) is 0 Å². The molecule has 0 aliphatic carbocycles. The van der Waals surface area contributed by atoms with Gasteiger partial charge in [0.05, 0.1) is 5.56 Å². The van der Waals surface area contributed by atoms with E-state index in [1.54, 1.807) is 4.90 Å². The molecule has 1 amide bonds. The quantitative estimate of drug-likeness (QED) is 0.892. The molecule has 3 rings (SSSR count). The first kappa shape index (κ1) is 17.0. The highest BCUT2D eigenvalue weighted by Crippen LogP contribution is 2.32. The van der Waals surface area contributed by atoms with Crippen LogP contribution in [0, 0.1) is 5.92 Å². The summed E-state index contributed by atoms with van der Waals surface area (Å²) >= 11 is 0. The third-order valence-corrected chi connectivity index (χ3v) is 4.54. The molecular formula is C19H20N2O4. The van der Waals surface area contributed by atoms with Gasteiger partial charge in [0.1, 0.15) is 5.75 Å². The molecule has 25 heavy (non-hydrogen) atoms. The Bertz CT molecular complexity index is 746. The predicted octanol–water partition coefficient (Wildman–Crippen LogP) is 2.56. The number of carbonyl (C=O) groups excluding carboxylic acids is 1. The van der Waals surface area contributed by atoms with Crippen molar-refractivity contribution >= 4 is 12.1 Å². The number of aromatic carboxylic acids is 1. The normalized spacial score (nSPS) is 19.6. The van der Waals surface area contributed by atoms with Crippen molar-refractivity contribution in [3.8, 4) is 5.75 Å². The molecule has 1 fully saturated rings. The lowest BCUT2D eigenvalue weighted by Gasteiger charge is -2.16. The summed E-state index contributed by atoms with van der Waals surface area (Å²) in [4.78, 5) is 24.9. The third-order valence-electron chi connectivity index (χ3n) is 4.54. The Hall–Kier alpha value is -2.86. The number of rotatable bonds is 4. The molecule has 1 heterocycles. The van der Waals surface area contributed by atoms with Crippen LogP contribution in [0.1, 0.15) is 21.8 Å². The van der Waals surface area contributed by atoms with Gasteiger partial charge in [-0.25, -0.2) is 9.59 Å². The van der Waals surface area contributed by atoms with Crippen LogP contribution in [0.25, 0.3) is 0 Å². The highest BCUT2D eigenvalue weighted by Gasteiger charge is 2.36. The molecule has 0 radical (unpaired) electrons. The van der Waals surface area contributed by atoms with Crippen LogP contribution in [0.5, 0.6) is 5.75 Å². The lowest BCUT2D eigenvalue weighted by atomic mass is 9.89. The van der Waals surface area contributed by atoms with Gasteiger partial charge >= 0.3 is 12.1 Å². The zero-order valence-corrected chi connectivity index (χ0v) is 13.7. The molecule has 130 valence electrons. The lowest BCUT2D eigenvalue weighted by molar-refractivity contribution is 0.0697. The van der Waals surface area contributed by atoms with Gasteiger partial charge in [0, 0.05) is 19.0 Å². The largest absolute Gasteiger partial charge is 0.478 e. The molecule has 6 heteroatoms. The minimum atomic E-state index is -1.02. The summed E-state index contributed by atoms with van der Waals surface area (Å²) in [5.41, 5.74) is 7.20. The van der Waals surface area contributed by atoms with Crippen LogP contribution in [0.3, 0.4) is 0 Å². The molecule has 2 aromatic carbocycles. The smallest absolute Gasteiger partial charge is 0.415 e. The van der Waals surface area contributed by atoms with Gasteiger partial charge < -0.3 is 20.5 Å². The van der Waals surface area contributed by atoms with Gasteiger partial charge in [-0.05, 0) is 42.3 Å². The summed E-state index contributed by atoms with van der Waals surface area (Å²) in [6, 6.07) is 15.8. The van der Waals surface area contributed by atoms with Crippen LogP contribution in [0.4, 0.5) is 4.79 Å². The Morgan fingerprint density at radius 3 is 2.36 bits per heavy atom. The van der Waals surface area contributed by atoms with Crippen molar-refractivity contribution in [2.75, 3.05) is 19.6 Å². The lowest BCUT2D eigenvalue weighted by Crippen LogP contribution is -2.32. The van der Waals surface area contributed by atoms with Gasteiger partial charge in [0.15, 0.2) is 0 Å². The molecule has 0 unspecified atom stereocenters. The maximum absolute atomic E-state index is 12.4. The molecule has 0 aromatic heterocycles. The topological polar surface area (TPSA) is 92.9 Å². The summed E-state index contributed by atoms with van der Waals surface area (Å²) in [6.07, 6.45) is -0.444. The number of benzene rings is 2. The summed E-state index contributed by atoms with van der Waals surface area (Å²) in [6.45, 7) is 1.59. The van der Waals surface area contributed by atoms with Crippen molar-refractivity contribution < 1.29 is 19.4 Å². The van der Waals surface area contributed by atoms with Crippen LogP contribution in [0.15, 0.2) is 54.6 Å². The number of hydrogen-bond donors (Lipinski definition) is 2. The summed E-state index contributed by atoms with van der Waals surface area (Å²) in [5.74, 6) is -0.325. The average molecular weight is 340 g/mol. The van der Waals surface area contributed by atoms with Gasteiger partial charge in [-0.1, -0.05) is 30.3 Å². The van der Waals surface area contributed by atoms with E-state index in [0.717, 1.165) is 0 Å². The summed E-state index contributed by atoms with van der Waals surface area (Å²) < 4.78 is 5.36. The maximum atomic E-state index is 12.4. The highest BCUT2D eigenvalue weighted by molar-refractivity contribution is 5.87. The molecule has 2 atom stereocenters. The fourth-order valence-corrected chi connectivity index (χ4v) is 3.17. The van der Waals surface area contributed by atoms with Crippen molar-refractivity contribution in [2.45, 2.75) is 5.92 Å². The van der Waals surface area contributed by atoms with E-state index in [1.165, 1.54) is 29.8 Å². The first-order valence-corrected chi connectivity index (χ1v) is 8.13. The number of carboxylic acid groups (broad SMARTS) is 1. The Labute approximate surface area is 145 Å². The second-order valence-electron chi connectivity index (χ2n) is 6.12. The average Bonchev–Trinajstić information content (AvgIpc) is 3.07. The minimum Gasteiger partial charge on any atom is -0.478 e. The molecular weight excluding hydrogens is 320 g/mol. The Morgan fingerprint density at radius 1 is 1.08 bits per heavy atom. The number of nitrogens with zero attached hydrogens (tertiary/aromatic N) is 1. The molecule has 1 saturated heterocycles. The van der Waals surface area contributed by atoms with E-state index in [9.17, 15) is 9.59 Å². The Balaban J connectivity index is 1.67. The van der Waals surface area contributed by atoms with Crippen molar-refractivity contribution in [2.24, 2.45) is 11.7 Å². The molecule has 1 aliphatic heterocycles. The van der Waals surface area contributed by atoms with Gasteiger partial charge in [-0.3, -0.25) is 0 Å². The van der Waals surface area contributed by atoms with Crippen molar-refractivity contribution in [1.82, 2.24) is 4.90 Å². The zero-order valence-electron chi connectivity index (χ0n) is 13.7. The monoisotopic (exact) mass is 340 g/mol. The second kappa shape index (κ2) is 7.36. The Morgan fingerprint density at radius 2 is 1.76 bits per heavy atom. The summed E-state index contributed by atoms with van der Waals surface area (Å²) in [5, 5.41) is 8.90. The van der Waals surface area contributed by atoms with Crippen molar-refractivity contribution in [1.29, 1.82) is 0 Å². The number of carboxylic acids is 1. The van der Waals surface area contributed by atoms with E-state index < -0.39 is 12.1 Å². The number of carbonyl (C=O) groups is 2. The van der Waals surface area contributed by atoms with Crippen LogP contribution < -0.4 is 10.5 Å². The standard InChI is InChI=1S/C19H20N2O4/c20-10-15-11-21(12-17(15)13-4-2-1-3-5-13)19(24)25-16-8-6-14(7-9-16)18(22)23/h1-9,15,17H,10-12,20H2,(H,22,23)/t15-,17+/m0/s1. The predicted molar refractivity (Wildman–Crippen MR) is 92.7 cm³/mol. The van der Waals surface area contributed by atoms with Gasteiger partial charge in [-0.2, -0.15) is 0 Å². The molecule has 3 N–H and O–H groups in total. The number of nitrogens with two attached hydrogens (primary N) is 1. The molecule has 0 spiro atoms. The molecule has 2 aromatic rings. The number of ether oxygens (including phenoxy) is 1. The number of hydrogen-bond acceptors (Lipinski definition) is 4. The van der Waals surface area contributed by atoms with Crippen LogP contribution in [0.2, 0.25) is 0 Å². The van der Waals surface area contributed by atoms with Crippen molar-refractivity contribution in [3.05, 3.63) is 65.7 Å². The molecule has 0 saturated carbocycles. The van der Waals surface area contributed by atoms with Crippen LogP contribution in [-0.4, -0.2) is 41.7 Å². The van der Waals surface area contributed by atoms with Gasteiger partial charge in [0.2, 0.25) is 0 Å².